The zero-order chi connectivity index (χ0) is 15.6. The lowest BCUT2D eigenvalue weighted by molar-refractivity contribution is 0.335. The zero-order valence-corrected chi connectivity index (χ0v) is 15.7. The number of hydrogen-bond donors (Lipinski definition) is 0. The Balaban J connectivity index is 0.00000242. The van der Waals surface area contributed by atoms with Crippen LogP contribution in [0.4, 0.5) is 5.69 Å². The molecule has 2 atom stereocenters. The minimum Gasteiger partial charge on any atom is -0.242 e. The Labute approximate surface area is 151 Å². The van der Waals surface area contributed by atoms with Gasteiger partial charge in [0.05, 0.1) is 11.3 Å². The molecule has 0 radical (unpaired) electrons. The first-order valence-corrected chi connectivity index (χ1v) is 8.68. The van der Waals surface area contributed by atoms with Crippen LogP contribution in [0.25, 0.3) is 4.85 Å². The SMILES string of the molecule is C.S.[C-]#[N+]c1cccc2c1CC[C@@H]2N(CCC)[S@@](=O)C(C)(C)C. The van der Waals surface area contributed by atoms with Crippen molar-refractivity contribution in [2.24, 2.45) is 0 Å². The van der Waals surface area contributed by atoms with Crippen LogP contribution in [0, 0.1) is 6.57 Å². The van der Waals surface area contributed by atoms with E-state index in [0.29, 0.717) is 0 Å². The third kappa shape index (κ3) is 4.59. The van der Waals surface area contributed by atoms with Gasteiger partial charge < -0.3 is 0 Å². The predicted octanol–water partition coefficient (Wildman–Crippen LogP) is 5.15. The van der Waals surface area contributed by atoms with E-state index >= 15 is 0 Å². The van der Waals surface area contributed by atoms with E-state index in [2.05, 4.69) is 22.1 Å². The van der Waals surface area contributed by atoms with Crippen molar-refractivity contribution < 1.29 is 4.21 Å². The van der Waals surface area contributed by atoms with E-state index in [1.165, 1.54) is 5.56 Å². The first-order chi connectivity index (χ1) is 9.90. The molecule has 0 spiro atoms. The second-order valence-electron chi connectivity index (χ2n) is 6.51. The second-order valence-corrected chi connectivity index (χ2v) is 8.71. The highest BCUT2D eigenvalue weighted by molar-refractivity contribution is 7.84. The molecule has 0 unspecified atom stereocenters. The molecule has 0 aromatic heterocycles. The molecule has 3 nitrogen and oxygen atoms in total. The molecule has 0 saturated heterocycles. The van der Waals surface area contributed by atoms with Gasteiger partial charge in [-0.1, -0.05) is 32.5 Å². The second kappa shape index (κ2) is 8.86. The largest absolute Gasteiger partial charge is 0.242 e. The van der Waals surface area contributed by atoms with Gasteiger partial charge in [-0.3, -0.25) is 0 Å². The highest BCUT2D eigenvalue weighted by Gasteiger charge is 2.35. The lowest BCUT2D eigenvalue weighted by atomic mass is 10.1. The first-order valence-electron chi connectivity index (χ1n) is 7.58. The van der Waals surface area contributed by atoms with Crippen LogP contribution >= 0.6 is 13.5 Å². The zero-order valence-electron chi connectivity index (χ0n) is 13.8. The maximum atomic E-state index is 12.9. The topological polar surface area (TPSA) is 24.7 Å². The van der Waals surface area contributed by atoms with Crippen molar-refractivity contribution in [3.63, 3.8) is 0 Å². The average Bonchev–Trinajstić information content (AvgIpc) is 2.86. The molecule has 0 aliphatic heterocycles. The van der Waals surface area contributed by atoms with Gasteiger partial charge in [-0.05, 0) is 51.2 Å². The van der Waals surface area contributed by atoms with Crippen LogP contribution in [-0.2, 0) is 17.4 Å². The number of fused-ring (bicyclic) bond motifs is 1. The number of nitrogens with zero attached hydrogens (tertiary/aromatic N) is 2. The molecular formula is C18H30N2OS2. The van der Waals surface area contributed by atoms with Crippen molar-refractivity contribution in [2.45, 2.75) is 65.2 Å². The Morgan fingerprint density at radius 3 is 2.57 bits per heavy atom. The average molecular weight is 355 g/mol. The van der Waals surface area contributed by atoms with Crippen LogP contribution in [-0.4, -0.2) is 19.8 Å². The Hall–Kier alpha value is -0.830. The molecule has 1 aromatic carbocycles. The van der Waals surface area contributed by atoms with Gasteiger partial charge in [-0.15, -0.1) is 0 Å². The lowest BCUT2D eigenvalue weighted by Crippen LogP contribution is -2.39. The summed E-state index contributed by atoms with van der Waals surface area (Å²) in [7, 11) is -1.02. The van der Waals surface area contributed by atoms with E-state index in [1.54, 1.807) is 0 Å². The fraction of sp³-hybridized carbons (Fsp3) is 0.611. The standard InChI is InChI=1S/C17H24N2OS.CH4.H2S/c1-6-12-19(21(20)17(2,3)4)16-11-10-13-14(16)8-7-9-15(13)18-5;;/h7-9,16H,6,10-12H2,1-4H3;1H4;1H2/t16-,21-;;/m0../s1. The molecule has 0 heterocycles. The fourth-order valence-electron chi connectivity index (χ4n) is 2.94. The summed E-state index contributed by atoms with van der Waals surface area (Å²) in [4.78, 5) is 3.63. The van der Waals surface area contributed by atoms with E-state index < -0.39 is 11.0 Å². The van der Waals surface area contributed by atoms with Crippen molar-refractivity contribution >= 4 is 30.2 Å². The van der Waals surface area contributed by atoms with Gasteiger partial charge in [0, 0.05) is 12.6 Å². The van der Waals surface area contributed by atoms with Crippen LogP contribution in [0.15, 0.2) is 18.2 Å². The molecule has 0 bridgehead atoms. The van der Waals surface area contributed by atoms with Gasteiger partial charge in [-0.2, -0.15) is 13.5 Å². The number of rotatable bonds is 4. The Kier molecular flexibility index (Phi) is 8.54. The van der Waals surface area contributed by atoms with Gasteiger partial charge >= 0.3 is 0 Å². The van der Waals surface area contributed by atoms with Crippen molar-refractivity contribution in [3.05, 3.63) is 40.7 Å². The molecule has 0 fully saturated rings. The fourth-order valence-corrected chi connectivity index (χ4v) is 4.45. The summed E-state index contributed by atoms with van der Waals surface area (Å²) in [6, 6.07) is 6.12. The summed E-state index contributed by atoms with van der Waals surface area (Å²) in [5, 5.41) is 0. The van der Waals surface area contributed by atoms with Crippen LogP contribution in [0.1, 0.15) is 65.1 Å². The molecule has 23 heavy (non-hydrogen) atoms. The van der Waals surface area contributed by atoms with Crippen LogP contribution in [0.3, 0.4) is 0 Å². The monoisotopic (exact) mass is 354 g/mol. The Morgan fingerprint density at radius 1 is 1.39 bits per heavy atom. The quantitative estimate of drug-likeness (QED) is 0.686. The molecule has 1 aromatic rings. The van der Waals surface area contributed by atoms with Gasteiger partial charge in [-0.25, -0.2) is 13.4 Å². The van der Waals surface area contributed by atoms with E-state index in [1.807, 2.05) is 32.9 Å². The molecule has 0 amide bonds. The highest BCUT2D eigenvalue weighted by atomic mass is 32.2. The van der Waals surface area contributed by atoms with E-state index in [-0.39, 0.29) is 31.7 Å². The molecule has 5 heteroatoms. The Bertz CT molecular complexity index is 588. The maximum absolute atomic E-state index is 12.9. The Morgan fingerprint density at radius 2 is 2.04 bits per heavy atom. The summed E-state index contributed by atoms with van der Waals surface area (Å²) in [6.07, 6.45) is 2.86. The summed E-state index contributed by atoms with van der Waals surface area (Å²) >= 11 is 0. The molecule has 2 rings (SSSR count). The minimum absolute atomic E-state index is 0. The third-order valence-electron chi connectivity index (χ3n) is 3.86. The predicted molar refractivity (Wildman–Crippen MR) is 106 cm³/mol. The summed E-state index contributed by atoms with van der Waals surface area (Å²) in [6.45, 7) is 16.3. The van der Waals surface area contributed by atoms with Crippen molar-refractivity contribution in [1.82, 2.24) is 4.31 Å². The number of hydrogen-bond acceptors (Lipinski definition) is 1. The third-order valence-corrected chi connectivity index (χ3v) is 5.77. The van der Waals surface area contributed by atoms with E-state index in [0.717, 1.165) is 37.1 Å². The van der Waals surface area contributed by atoms with Gasteiger partial charge in [0.2, 0.25) is 0 Å². The minimum atomic E-state index is -1.02. The van der Waals surface area contributed by atoms with Crippen molar-refractivity contribution in [3.8, 4) is 0 Å². The smallest absolute Gasteiger partial charge is 0.190 e. The van der Waals surface area contributed by atoms with Crippen molar-refractivity contribution in [2.75, 3.05) is 6.54 Å². The van der Waals surface area contributed by atoms with Crippen LogP contribution in [0.2, 0.25) is 0 Å². The van der Waals surface area contributed by atoms with Crippen LogP contribution < -0.4 is 0 Å². The van der Waals surface area contributed by atoms with E-state index in [4.69, 9.17) is 6.57 Å². The maximum Gasteiger partial charge on any atom is 0.190 e. The highest BCUT2D eigenvalue weighted by Crippen LogP contribution is 2.42. The van der Waals surface area contributed by atoms with Gasteiger partial charge in [0.1, 0.15) is 11.0 Å². The van der Waals surface area contributed by atoms with Crippen molar-refractivity contribution in [1.29, 1.82) is 0 Å². The van der Waals surface area contributed by atoms with Gasteiger partial charge in [0.15, 0.2) is 5.69 Å². The lowest BCUT2D eigenvalue weighted by Gasteiger charge is -2.33. The van der Waals surface area contributed by atoms with Crippen LogP contribution in [0.5, 0.6) is 0 Å². The van der Waals surface area contributed by atoms with E-state index in [9.17, 15) is 4.21 Å². The summed E-state index contributed by atoms with van der Waals surface area (Å²) < 4.78 is 14.8. The molecular weight excluding hydrogens is 324 g/mol. The molecule has 0 N–H and O–H groups in total. The molecule has 0 saturated carbocycles. The molecule has 1 aliphatic carbocycles. The normalized spacial score (nSPS) is 17.7. The first kappa shape index (κ1) is 22.2. The molecule has 130 valence electrons. The number of benzene rings is 1. The summed E-state index contributed by atoms with van der Waals surface area (Å²) in [5.74, 6) is 0. The molecule has 1 aliphatic rings. The summed E-state index contributed by atoms with van der Waals surface area (Å²) in [5.41, 5.74) is 3.12. The van der Waals surface area contributed by atoms with Gasteiger partial charge in [0.25, 0.3) is 0 Å².